The molecule has 156 valence electrons. The van der Waals surface area contributed by atoms with Crippen LogP contribution in [-0.2, 0) is 17.6 Å². The molecular formula is C23H25N3O4. The van der Waals surface area contributed by atoms with Crippen LogP contribution in [0.15, 0.2) is 42.5 Å². The molecule has 0 saturated carbocycles. The van der Waals surface area contributed by atoms with E-state index in [0.717, 1.165) is 25.7 Å². The van der Waals surface area contributed by atoms with Crippen molar-refractivity contribution in [2.24, 2.45) is 0 Å². The zero-order valence-electron chi connectivity index (χ0n) is 17.0. The van der Waals surface area contributed by atoms with Gasteiger partial charge < -0.3 is 10.2 Å². The smallest absolute Gasteiger partial charge is 0.272 e. The molecule has 4 rings (SSSR count). The van der Waals surface area contributed by atoms with Gasteiger partial charge in [-0.2, -0.15) is 0 Å². The van der Waals surface area contributed by atoms with Crippen LogP contribution in [0.5, 0.6) is 0 Å². The van der Waals surface area contributed by atoms with Crippen LogP contribution in [0.4, 0.5) is 5.69 Å². The minimum Gasteiger partial charge on any atom is -0.351 e. The molecular weight excluding hydrogens is 382 g/mol. The number of carbonyl (C=O) groups is 2. The first-order chi connectivity index (χ1) is 14.4. The number of hydrogen-bond donors (Lipinski definition) is 1. The summed E-state index contributed by atoms with van der Waals surface area (Å²) in [4.78, 5) is 38.2. The van der Waals surface area contributed by atoms with Gasteiger partial charge in [-0.05, 0) is 62.3 Å². The van der Waals surface area contributed by atoms with E-state index in [1.807, 2.05) is 12.1 Å². The van der Waals surface area contributed by atoms with Gasteiger partial charge in [0.2, 0.25) is 5.91 Å². The first kappa shape index (κ1) is 20.1. The maximum absolute atomic E-state index is 13.0. The van der Waals surface area contributed by atoms with E-state index in [1.165, 1.54) is 29.3 Å². The number of nitro groups is 1. The Labute approximate surface area is 175 Å². The third-order valence-corrected chi connectivity index (χ3v) is 6.15. The Bertz CT molecular complexity index is 1000. The second-order valence-corrected chi connectivity index (χ2v) is 8.13. The zero-order chi connectivity index (χ0) is 21.3. The number of nitro benzene ring substituents is 1. The molecule has 1 aliphatic heterocycles. The minimum absolute atomic E-state index is 0.0140. The van der Waals surface area contributed by atoms with Crippen LogP contribution in [0, 0.1) is 17.0 Å². The summed E-state index contributed by atoms with van der Waals surface area (Å²) in [7, 11) is 0. The van der Waals surface area contributed by atoms with Gasteiger partial charge in [-0.25, -0.2) is 0 Å². The lowest BCUT2D eigenvalue weighted by Gasteiger charge is -2.29. The summed E-state index contributed by atoms with van der Waals surface area (Å²) in [6.07, 6.45) is 4.04. The van der Waals surface area contributed by atoms with Crippen molar-refractivity contribution in [3.63, 3.8) is 0 Å². The number of aryl methyl sites for hydroxylation is 2. The Kier molecular flexibility index (Phi) is 5.53. The van der Waals surface area contributed by atoms with Gasteiger partial charge in [0.25, 0.3) is 11.6 Å². The Morgan fingerprint density at radius 2 is 1.90 bits per heavy atom. The van der Waals surface area contributed by atoms with Gasteiger partial charge in [-0.3, -0.25) is 19.7 Å². The van der Waals surface area contributed by atoms with Crippen LogP contribution in [0.25, 0.3) is 0 Å². The van der Waals surface area contributed by atoms with E-state index in [1.54, 1.807) is 11.8 Å². The zero-order valence-corrected chi connectivity index (χ0v) is 17.0. The first-order valence-electron chi connectivity index (χ1n) is 10.4. The maximum Gasteiger partial charge on any atom is 0.272 e. The molecule has 7 heteroatoms. The lowest BCUT2D eigenvalue weighted by Crippen LogP contribution is -2.50. The highest BCUT2D eigenvalue weighted by atomic mass is 16.6. The van der Waals surface area contributed by atoms with E-state index < -0.39 is 11.0 Å². The number of fused-ring (bicyclic) bond motifs is 1. The number of rotatable bonds is 4. The Morgan fingerprint density at radius 1 is 1.13 bits per heavy atom. The van der Waals surface area contributed by atoms with E-state index in [-0.39, 0.29) is 23.5 Å². The molecule has 1 aliphatic carbocycles. The molecule has 0 bridgehead atoms. The van der Waals surface area contributed by atoms with Crippen LogP contribution < -0.4 is 5.32 Å². The molecule has 2 atom stereocenters. The molecule has 1 heterocycles. The van der Waals surface area contributed by atoms with Crippen molar-refractivity contribution < 1.29 is 14.5 Å². The Hall–Kier alpha value is -3.22. The predicted octanol–water partition coefficient (Wildman–Crippen LogP) is 3.18. The lowest BCUT2D eigenvalue weighted by atomic mass is 9.88. The quantitative estimate of drug-likeness (QED) is 0.622. The standard InChI is InChI=1S/C23H25N3O4/c1-15-13-18(9-11-20(15)26(29)30)23(28)25-12-4-7-21(25)22(27)24-19-10-8-16-5-2-3-6-17(16)14-19/h2-3,5-6,9,11,13,19,21H,4,7-8,10,12,14H2,1H3,(H,24,27). The number of nitrogens with one attached hydrogen (secondary N) is 1. The summed E-state index contributed by atoms with van der Waals surface area (Å²) in [5.41, 5.74) is 3.42. The highest BCUT2D eigenvalue weighted by Gasteiger charge is 2.36. The molecule has 2 unspecified atom stereocenters. The van der Waals surface area contributed by atoms with Gasteiger partial charge in [-0.1, -0.05) is 24.3 Å². The molecule has 2 aliphatic rings. The fourth-order valence-corrected chi connectivity index (χ4v) is 4.56. The summed E-state index contributed by atoms with van der Waals surface area (Å²) in [6.45, 7) is 2.13. The summed E-state index contributed by atoms with van der Waals surface area (Å²) in [6, 6.07) is 12.2. The summed E-state index contributed by atoms with van der Waals surface area (Å²) in [5, 5.41) is 14.2. The van der Waals surface area contributed by atoms with Gasteiger partial charge >= 0.3 is 0 Å². The minimum atomic E-state index is -0.495. The van der Waals surface area contributed by atoms with Crippen LogP contribution in [0.3, 0.4) is 0 Å². The number of nitrogens with zero attached hydrogens (tertiary/aromatic N) is 2. The normalized spacial score (nSPS) is 20.5. The monoisotopic (exact) mass is 407 g/mol. The number of amides is 2. The van der Waals surface area contributed by atoms with Gasteiger partial charge in [0, 0.05) is 29.8 Å². The second kappa shape index (κ2) is 8.26. The highest BCUT2D eigenvalue weighted by molar-refractivity contribution is 5.98. The molecule has 7 nitrogen and oxygen atoms in total. The molecule has 1 fully saturated rings. The second-order valence-electron chi connectivity index (χ2n) is 8.13. The highest BCUT2D eigenvalue weighted by Crippen LogP contribution is 2.25. The third-order valence-electron chi connectivity index (χ3n) is 6.15. The number of likely N-dealkylation sites (tertiary alicyclic amines) is 1. The Balaban J connectivity index is 1.44. The molecule has 2 aromatic rings. The third kappa shape index (κ3) is 3.92. The van der Waals surface area contributed by atoms with Crippen LogP contribution in [0.1, 0.15) is 46.3 Å². The van der Waals surface area contributed by atoms with E-state index in [0.29, 0.717) is 24.1 Å². The molecule has 0 aromatic heterocycles. The van der Waals surface area contributed by atoms with Gasteiger partial charge in [0.1, 0.15) is 6.04 Å². The molecule has 1 saturated heterocycles. The SMILES string of the molecule is Cc1cc(C(=O)N2CCCC2C(=O)NC2CCc3ccccc3C2)ccc1[N+](=O)[O-]. The lowest BCUT2D eigenvalue weighted by molar-refractivity contribution is -0.385. The Morgan fingerprint density at radius 3 is 2.63 bits per heavy atom. The first-order valence-corrected chi connectivity index (χ1v) is 10.4. The average Bonchev–Trinajstić information content (AvgIpc) is 3.23. The van der Waals surface area contributed by atoms with Crippen molar-refractivity contribution in [2.45, 2.75) is 51.1 Å². The summed E-state index contributed by atoms with van der Waals surface area (Å²) < 4.78 is 0. The number of carbonyl (C=O) groups excluding carboxylic acids is 2. The van der Waals surface area contributed by atoms with Crippen molar-refractivity contribution in [1.82, 2.24) is 10.2 Å². The van der Waals surface area contributed by atoms with Crippen LogP contribution in [0.2, 0.25) is 0 Å². The van der Waals surface area contributed by atoms with E-state index in [2.05, 4.69) is 17.4 Å². The van der Waals surface area contributed by atoms with E-state index >= 15 is 0 Å². The van der Waals surface area contributed by atoms with Gasteiger partial charge in [-0.15, -0.1) is 0 Å². The van der Waals surface area contributed by atoms with Gasteiger partial charge in [0.05, 0.1) is 4.92 Å². The largest absolute Gasteiger partial charge is 0.351 e. The van der Waals surface area contributed by atoms with Crippen molar-refractivity contribution in [2.75, 3.05) is 6.54 Å². The predicted molar refractivity (Wildman–Crippen MR) is 112 cm³/mol. The molecule has 30 heavy (non-hydrogen) atoms. The average molecular weight is 407 g/mol. The van der Waals surface area contributed by atoms with Crippen LogP contribution in [-0.4, -0.2) is 40.3 Å². The van der Waals surface area contributed by atoms with Crippen molar-refractivity contribution in [1.29, 1.82) is 0 Å². The number of hydrogen-bond acceptors (Lipinski definition) is 4. The van der Waals surface area contributed by atoms with Crippen molar-refractivity contribution in [3.05, 3.63) is 74.8 Å². The van der Waals surface area contributed by atoms with Crippen LogP contribution >= 0.6 is 0 Å². The van der Waals surface area contributed by atoms with Crippen molar-refractivity contribution in [3.8, 4) is 0 Å². The van der Waals surface area contributed by atoms with Gasteiger partial charge in [0.15, 0.2) is 0 Å². The molecule has 0 spiro atoms. The maximum atomic E-state index is 13.0. The topological polar surface area (TPSA) is 92.6 Å². The molecule has 0 radical (unpaired) electrons. The molecule has 2 aromatic carbocycles. The van der Waals surface area contributed by atoms with E-state index in [9.17, 15) is 19.7 Å². The molecule has 1 N–H and O–H groups in total. The fraction of sp³-hybridized carbons (Fsp3) is 0.391. The number of benzene rings is 2. The summed E-state index contributed by atoms with van der Waals surface area (Å²) >= 11 is 0. The van der Waals surface area contributed by atoms with E-state index in [4.69, 9.17) is 0 Å². The van der Waals surface area contributed by atoms with Crippen molar-refractivity contribution >= 4 is 17.5 Å². The molecule has 2 amide bonds. The summed E-state index contributed by atoms with van der Waals surface area (Å²) in [5.74, 6) is -0.358. The fourth-order valence-electron chi connectivity index (χ4n) is 4.56.